The van der Waals surface area contributed by atoms with Crippen LogP contribution in [0.5, 0.6) is 0 Å². The van der Waals surface area contributed by atoms with Gasteiger partial charge in [-0.3, -0.25) is 11.5 Å². The highest BCUT2D eigenvalue weighted by Gasteiger charge is 2.17. The summed E-state index contributed by atoms with van der Waals surface area (Å²) in [5, 5.41) is 17.0. The molecular formula is C3H10FN3O2. The third kappa shape index (κ3) is 5.60. The van der Waals surface area contributed by atoms with Crippen molar-refractivity contribution < 1.29 is 14.7 Å². The second kappa shape index (κ2) is 3.04. The number of alkyl halides is 1. The van der Waals surface area contributed by atoms with Crippen molar-refractivity contribution in [3.8, 4) is 0 Å². The molecule has 56 valence electrons. The van der Waals surface area contributed by atoms with Crippen molar-refractivity contribution in [1.82, 2.24) is 5.06 Å². The summed E-state index contributed by atoms with van der Waals surface area (Å²) in [5.41, 5.74) is 9.55. The van der Waals surface area contributed by atoms with E-state index < -0.39 is 19.2 Å². The van der Waals surface area contributed by atoms with E-state index in [0.29, 0.717) is 0 Å². The summed E-state index contributed by atoms with van der Waals surface area (Å²) in [5.74, 6) is -2.04. The summed E-state index contributed by atoms with van der Waals surface area (Å²) >= 11 is 0. The van der Waals surface area contributed by atoms with E-state index in [1.54, 1.807) is 0 Å². The Hall–Kier alpha value is -0.270. The van der Waals surface area contributed by atoms with Gasteiger partial charge in [-0.15, -0.1) is 0 Å². The molecule has 0 saturated heterocycles. The zero-order valence-corrected chi connectivity index (χ0v) is 4.79. The predicted octanol–water partition coefficient (Wildman–Crippen LogP) is -1.83. The van der Waals surface area contributed by atoms with E-state index in [0.717, 1.165) is 0 Å². The fourth-order valence-electron chi connectivity index (χ4n) is 0.335. The van der Waals surface area contributed by atoms with Gasteiger partial charge in [0, 0.05) is 0 Å². The fourth-order valence-corrected chi connectivity index (χ4v) is 0.335. The van der Waals surface area contributed by atoms with Gasteiger partial charge < -0.3 is 10.3 Å². The quantitative estimate of drug-likeness (QED) is 0.209. The van der Waals surface area contributed by atoms with Crippen molar-refractivity contribution in [1.29, 1.82) is 0 Å². The maximum atomic E-state index is 11.4. The monoisotopic (exact) mass is 139 g/mol. The molecule has 0 amide bonds. The first-order chi connectivity index (χ1) is 3.95. The summed E-state index contributed by atoms with van der Waals surface area (Å²) in [7, 11) is 0. The minimum atomic E-state index is -2.04. The third-order valence-electron chi connectivity index (χ3n) is 0.574. The molecule has 6 heteroatoms. The molecular weight excluding hydrogens is 129 g/mol. The van der Waals surface area contributed by atoms with Crippen LogP contribution in [0.15, 0.2) is 0 Å². The van der Waals surface area contributed by atoms with Gasteiger partial charge >= 0.3 is 0 Å². The molecule has 0 spiro atoms. The van der Waals surface area contributed by atoms with E-state index in [1.165, 1.54) is 0 Å². The zero-order chi connectivity index (χ0) is 7.49. The lowest BCUT2D eigenvalue weighted by Crippen LogP contribution is -2.56. The number of halogens is 1. The van der Waals surface area contributed by atoms with E-state index in [-0.39, 0.29) is 5.06 Å². The van der Waals surface area contributed by atoms with Crippen LogP contribution in [0.25, 0.3) is 0 Å². The third-order valence-corrected chi connectivity index (χ3v) is 0.574. The van der Waals surface area contributed by atoms with Gasteiger partial charge in [-0.1, -0.05) is 0 Å². The van der Waals surface area contributed by atoms with Crippen LogP contribution in [-0.2, 0) is 0 Å². The molecule has 0 saturated carbocycles. The van der Waals surface area contributed by atoms with Gasteiger partial charge in [0.15, 0.2) is 12.6 Å². The van der Waals surface area contributed by atoms with Gasteiger partial charge in [0.1, 0.15) is 0 Å². The molecule has 0 aromatic carbocycles. The molecule has 0 aromatic rings. The predicted molar refractivity (Wildman–Crippen MR) is 27.8 cm³/mol. The van der Waals surface area contributed by atoms with Crippen LogP contribution < -0.4 is 11.5 Å². The molecule has 0 rings (SSSR count). The van der Waals surface area contributed by atoms with E-state index in [1.807, 2.05) is 0 Å². The summed E-state index contributed by atoms with van der Waals surface area (Å²) in [6.45, 7) is -1.64. The van der Waals surface area contributed by atoms with Gasteiger partial charge in [0.25, 0.3) is 0 Å². The number of hydrogen-bond acceptors (Lipinski definition) is 5. The maximum Gasteiger partial charge on any atom is 0.182 e. The van der Waals surface area contributed by atoms with Crippen molar-refractivity contribution >= 4 is 0 Å². The SMILES string of the molecule is NC(N)(O)CN(O)CF. The van der Waals surface area contributed by atoms with Crippen molar-refractivity contribution in [3.63, 3.8) is 0 Å². The Bertz CT molecular complexity index is 83.6. The fraction of sp³-hybridized carbons (Fsp3) is 1.00. The number of hydroxylamine groups is 2. The number of aliphatic hydroxyl groups is 1. The first-order valence-corrected chi connectivity index (χ1v) is 2.25. The molecule has 0 bridgehead atoms. The minimum absolute atomic E-state index is 0.167. The lowest BCUT2D eigenvalue weighted by molar-refractivity contribution is -0.158. The van der Waals surface area contributed by atoms with E-state index in [4.69, 9.17) is 21.8 Å². The highest BCUT2D eigenvalue weighted by atomic mass is 19.1. The van der Waals surface area contributed by atoms with Gasteiger partial charge in [-0.25, -0.2) is 4.39 Å². The Morgan fingerprint density at radius 1 is 1.56 bits per heavy atom. The molecule has 0 fully saturated rings. The van der Waals surface area contributed by atoms with Crippen LogP contribution in [0.2, 0.25) is 0 Å². The van der Waals surface area contributed by atoms with E-state index in [2.05, 4.69) is 0 Å². The molecule has 9 heavy (non-hydrogen) atoms. The Balaban J connectivity index is 3.47. The maximum absolute atomic E-state index is 11.4. The molecule has 0 aliphatic carbocycles. The van der Waals surface area contributed by atoms with Crippen LogP contribution in [0.4, 0.5) is 4.39 Å². The Morgan fingerprint density at radius 2 is 2.00 bits per heavy atom. The number of hydrogen-bond donors (Lipinski definition) is 4. The highest BCUT2D eigenvalue weighted by molar-refractivity contribution is 4.61. The average Bonchev–Trinajstić information content (AvgIpc) is 1.62. The normalized spacial score (nSPS) is 12.7. The Morgan fingerprint density at radius 3 is 2.11 bits per heavy atom. The summed E-state index contributed by atoms with van der Waals surface area (Å²) in [4.78, 5) is 0. The van der Waals surface area contributed by atoms with Crippen molar-refractivity contribution in [2.24, 2.45) is 11.5 Å². The molecule has 0 radical (unpaired) electrons. The molecule has 0 heterocycles. The second-order valence-electron chi connectivity index (χ2n) is 1.78. The van der Waals surface area contributed by atoms with Gasteiger partial charge in [0.05, 0.1) is 6.54 Å². The van der Waals surface area contributed by atoms with E-state index in [9.17, 15) is 4.39 Å². The van der Waals surface area contributed by atoms with Crippen LogP contribution in [-0.4, -0.2) is 34.6 Å². The first-order valence-electron chi connectivity index (χ1n) is 2.25. The largest absolute Gasteiger partial charge is 0.362 e. The van der Waals surface area contributed by atoms with E-state index >= 15 is 0 Å². The van der Waals surface area contributed by atoms with Gasteiger partial charge in [0.2, 0.25) is 0 Å². The highest BCUT2D eigenvalue weighted by Crippen LogP contribution is 1.88. The minimum Gasteiger partial charge on any atom is -0.362 e. The molecule has 0 aliphatic rings. The smallest absolute Gasteiger partial charge is 0.182 e. The molecule has 0 unspecified atom stereocenters. The number of nitrogens with zero attached hydrogens (tertiary/aromatic N) is 1. The molecule has 0 aliphatic heterocycles. The standard InChI is InChI=1S/C3H10FN3O2/c4-2-7(9)1-3(5,6)8/h8-9H,1-2,5-6H2. The Kier molecular flexibility index (Phi) is 2.95. The summed E-state index contributed by atoms with van der Waals surface area (Å²) < 4.78 is 11.4. The first kappa shape index (κ1) is 8.73. The molecule has 0 aromatic heterocycles. The van der Waals surface area contributed by atoms with Crippen molar-refractivity contribution in [3.05, 3.63) is 0 Å². The topological polar surface area (TPSA) is 95.7 Å². The van der Waals surface area contributed by atoms with Crippen LogP contribution in [0, 0.1) is 0 Å². The van der Waals surface area contributed by atoms with Crippen LogP contribution >= 0.6 is 0 Å². The molecule has 5 nitrogen and oxygen atoms in total. The van der Waals surface area contributed by atoms with Crippen molar-refractivity contribution in [2.75, 3.05) is 13.3 Å². The lowest BCUT2D eigenvalue weighted by Gasteiger charge is -2.20. The van der Waals surface area contributed by atoms with Crippen LogP contribution in [0.1, 0.15) is 0 Å². The summed E-state index contributed by atoms with van der Waals surface area (Å²) in [6, 6.07) is 0. The second-order valence-corrected chi connectivity index (χ2v) is 1.78. The lowest BCUT2D eigenvalue weighted by atomic mass is 10.4. The average molecular weight is 139 g/mol. The number of nitrogens with two attached hydrogens (primary N) is 2. The van der Waals surface area contributed by atoms with Crippen molar-refractivity contribution in [2.45, 2.75) is 5.85 Å². The van der Waals surface area contributed by atoms with Gasteiger partial charge in [-0.2, -0.15) is 5.06 Å². The molecule has 0 atom stereocenters. The van der Waals surface area contributed by atoms with Crippen LogP contribution in [0.3, 0.4) is 0 Å². The number of rotatable bonds is 3. The van der Waals surface area contributed by atoms with Gasteiger partial charge in [-0.05, 0) is 0 Å². The Labute approximate surface area is 51.6 Å². The summed E-state index contributed by atoms with van der Waals surface area (Å²) in [6.07, 6.45) is 0. The molecule has 6 N–H and O–H groups in total. The zero-order valence-electron chi connectivity index (χ0n) is 4.79.